The van der Waals surface area contributed by atoms with E-state index in [9.17, 15) is 9.90 Å². The molecule has 0 saturated carbocycles. The number of ether oxygens (including phenoxy) is 1. The first kappa shape index (κ1) is 13.2. The molecule has 1 heterocycles. The standard InChI is InChI=1S/C13H22O3/c1-5-10(6-2)8-11-9(4)16-13(15,7-3)12(11)14/h10,15H,5-8H2,1-4H3. The zero-order valence-electron chi connectivity index (χ0n) is 10.7. The quantitative estimate of drug-likeness (QED) is 0.784. The lowest BCUT2D eigenvalue weighted by Crippen LogP contribution is -2.36. The molecule has 0 aromatic rings. The molecule has 0 aromatic heterocycles. The third-order valence-electron chi connectivity index (χ3n) is 3.50. The largest absolute Gasteiger partial charge is 0.459 e. The summed E-state index contributed by atoms with van der Waals surface area (Å²) in [6, 6.07) is 0. The van der Waals surface area contributed by atoms with Crippen molar-refractivity contribution in [2.75, 3.05) is 0 Å². The molecule has 0 radical (unpaired) electrons. The number of aliphatic hydroxyl groups is 1. The number of Topliss-reactive ketones (excluding diaryl/α,β-unsaturated/α-hetero) is 1. The van der Waals surface area contributed by atoms with Gasteiger partial charge in [-0.3, -0.25) is 4.79 Å². The zero-order chi connectivity index (χ0) is 12.3. The molecule has 1 unspecified atom stereocenters. The smallest absolute Gasteiger partial charge is 0.271 e. The van der Waals surface area contributed by atoms with Crippen molar-refractivity contribution >= 4 is 5.78 Å². The van der Waals surface area contributed by atoms with E-state index in [0.29, 0.717) is 23.7 Å². The average Bonchev–Trinajstić information content (AvgIpc) is 2.49. The molecule has 1 aliphatic rings. The zero-order valence-corrected chi connectivity index (χ0v) is 10.7. The predicted molar refractivity (Wildman–Crippen MR) is 62.7 cm³/mol. The summed E-state index contributed by atoms with van der Waals surface area (Å²) in [5.41, 5.74) is 0.679. The van der Waals surface area contributed by atoms with Crippen LogP contribution in [0.5, 0.6) is 0 Å². The Hall–Kier alpha value is -0.830. The van der Waals surface area contributed by atoms with Gasteiger partial charge in [0.15, 0.2) is 0 Å². The molecule has 1 aliphatic heterocycles. The Bertz CT molecular complexity index is 302. The van der Waals surface area contributed by atoms with Crippen molar-refractivity contribution < 1.29 is 14.6 Å². The summed E-state index contributed by atoms with van der Waals surface area (Å²) in [5, 5.41) is 9.95. The molecular weight excluding hydrogens is 204 g/mol. The van der Waals surface area contributed by atoms with Crippen LogP contribution in [0.1, 0.15) is 53.4 Å². The SMILES string of the molecule is CCC(CC)CC1=C(C)OC(O)(CC)C1=O. The molecule has 3 nitrogen and oxygen atoms in total. The number of allylic oxidation sites excluding steroid dienone is 1. The number of ketones is 1. The van der Waals surface area contributed by atoms with Gasteiger partial charge in [0.1, 0.15) is 5.76 Å². The second kappa shape index (κ2) is 5.00. The van der Waals surface area contributed by atoms with Crippen LogP contribution in [0.2, 0.25) is 0 Å². The molecule has 1 rings (SSSR count). The van der Waals surface area contributed by atoms with Crippen molar-refractivity contribution in [3.05, 3.63) is 11.3 Å². The van der Waals surface area contributed by atoms with Crippen LogP contribution in [0.3, 0.4) is 0 Å². The number of carbonyl (C=O) groups excluding carboxylic acids is 1. The Morgan fingerprint density at radius 1 is 1.31 bits per heavy atom. The molecular formula is C13H22O3. The number of carbonyl (C=O) groups is 1. The number of hydrogen-bond donors (Lipinski definition) is 1. The van der Waals surface area contributed by atoms with Gasteiger partial charge in [0.25, 0.3) is 5.79 Å². The fourth-order valence-electron chi connectivity index (χ4n) is 2.09. The van der Waals surface area contributed by atoms with Gasteiger partial charge in [0, 0.05) is 12.0 Å². The van der Waals surface area contributed by atoms with Crippen LogP contribution in [-0.2, 0) is 9.53 Å². The van der Waals surface area contributed by atoms with E-state index in [2.05, 4.69) is 13.8 Å². The highest BCUT2D eigenvalue weighted by Gasteiger charge is 2.45. The maximum absolute atomic E-state index is 12.0. The van der Waals surface area contributed by atoms with E-state index in [1.165, 1.54) is 0 Å². The lowest BCUT2D eigenvalue weighted by atomic mass is 9.90. The van der Waals surface area contributed by atoms with Gasteiger partial charge in [-0.2, -0.15) is 0 Å². The highest BCUT2D eigenvalue weighted by Crippen LogP contribution is 2.35. The van der Waals surface area contributed by atoms with Crippen molar-refractivity contribution in [1.29, 1.82) is 0 Å². The molecule has 0 fully saturated rings. The molecule has 92 valence electrons. The van der Waals surface area contributed by atoms with E-state index >= 15 is 0 Å². The van der Waals surface area contributed by atoms with Crippen LogP contribution >= 0.6 is 0 Å². The van der Waals surface area contributed by atoms with Gasteiger partial charge in [0.2, 0.25) is 5.78 Å². The average molecular weight is 226 g/mol. The monoisotopic (exact) mass is 226 g/mol. The van der Waals surface area contributed by atoms with Crippen LogP contribution in [0.25, 0.3) is 0 Å². The molecule has 1 N–H and O–H groups in total. The van der Waals surface area contributed by atoms with Crippen molar-refractivity contribution in [2.45, 2.75) is 59.2 Å². The highest BCUT2D eigenvalue weighted by atomic mass is 16.6. The highest BCUT2D eigenvalue weighted by molar-refractivity contribution is 6.03. The van der Waals surface area contributed by atoms with E-state index in [1.54, 1.807) is 13.8 Å². The van der Waals surface area contributed by atoms with Gasteiger partial charge in [-0.05, 0) is 19.3 Å². The van der Waals surface area contributed by atoms with E-state index in [1.807, 2.05) is 0 Å². The lowest BCUT2D eigenvalue weighted by Gasteiger charge is -2.19. The van der Waals surface area contributed by atoms with E-state index in [0.717, 1.165) is 19.3 Å². The predicted octanol–water partition coefficient (Wildman–Crippen LogP) is 2.78. The Labute approximate surface area is 97.5 Å². The topological polar surface area (TPSA) is 46.5 Å². The molecule has 0 bridgehead atoms. The minimum absolute atomic E-state index is 0.237. The van der Waals surface area contributed by atoms with Crippen molar-refractivity contribution in [1.82, 2.24) is 0 Å². The molecule has 0 saturated heterocycles. The third-order valence-corrected chi connectivity index (χ3v) is 3.50. The summed E-state index contributed by atoms with van der Waals surface area (Å²) in [6.07, 6.45) is 3.12. The van der Waals surface area contributed by atoms with E-state index in [-0.39, 0.29) is 5.78 Å². The van der Waals surface area contributed by atoms with Gasteiger partial charge in [-0.15, -0.1) is 0 Å². The first-order chi connectivity index (χ1) is 7.48. The van der Waals surface area contributed by atoms with Gasteiger partial charge < -0.3 is 9.84 Å². The summed E-state index contributed by atoms with van der Waals surface area (Å²) in [6.45, 7) is 7.77. The van der Waals surface area contributed by atoms with Crippen LogP contribution in [-0.4, -0.2) is 16.7 Å². The second-order valence-electron chi connectivity index (χ2n) is 4.49. The first-order valence-corrected chi connectivity index (χ1v) is 6.14. The molecule has 16 heavy (non-hydrogen) atoms. The van der Waals surface area contributed by atoms with Crippen LogP contribution < -0.4 is 0 Å². The Morgan fingerprint density at radius 2 is 1.88 bits per heavy atom. The molecule has 1 atom stereocenters. The molecule has 0 amide bonds. The van der Waals surface area contributed by atoms with Crippen molar-refractivity contribution in [2.24, 2.45) is 5.92 Å². The van der Waals surface area contributed by atoms with Crippen molar-refractivity contribution in [3.8, 4) is 0 Å². The molecule has 0 spiro atoms. The Morgan fingerprint density at radius 3 is 2.25 bits per heavy atom. The van der Waals surface area contributed by atoms with Gasteiger partial charge in [0.05, 0.1) is 0 Å². The minimum atomic E-state index is -1.59. The number of rotatable bonds is 5. The number of hydrogen-bond acceptors (Lipinski definition) is 3. The van der Waals surface area contributed by atoms with Gasteiger partial charge in [-0.25, -0.2) is 0 Å². The van der Waals surface area contributed by atoms with Gasteiger partial charge in [-0.1, -0.05) is 33.6 Å². The van der Waals surface area contributed by atoms with Crippen LogP contribution in [0.15, 0.2) is 11.3 Å². The summed E-state index contributed by atoms with van der Waals surface area (Å²) in [5.74, 6) is -0.733. The summed E-state index contributed by atoms with van der Waals surface area (Å²) in [7, 11) is 0. The normalized spacial score (nSPS) is 25.5. The Balaban J connectivity index is 2.81. The van der Waals surface area contributed by atoms with Gasteiger partial charge >= 0.3 is 0 Å². The minimum Gasteiger partial charge on any atom is -0.459 e. The summed E-state index contributed by atoms with van der Waals surface area (Å²) >= 11 is 0. The van der Waals surface area contributed by atoms with Crippen LogP contribution in [0, 0.1) is 5.92 Å². The van der Waals surface area contributed by atoms with E-state index in [4.69, 9.17) is 4.74 Å². The molecule has 3 heteroatoms. The third kappa shape index (κ3) is 2.29. The molecule has 0 aromatic carbocycles. The maximum atomic E-state index is 12.0. The first-order valence-electron chi connectivity index (χ1n) is 6.14. The Kier molecular flexibility index (Phi) is 4.14. The fraction of sp³-hybridized carbons (Fsp3) is 0.769. The van der Waals surface area contributed by atoms with E-state index < -0.39 is 5.79 Å². The lowest BCUT2D eigenvalue weighted by molar-refractivity contribution is -0.178. The summed E-state index contributed by atoms with van der Waals surface area (Å²) < 4.78 is 5.30. The summed E-state index contributed by atoms with van der Waals surface area (Å²) in [4.78, 5) is 12.0. The maximum Gasteiger partial charge on any atom is 0.271 e. The molecule has 0 aliphatic carbocycles. The fourth-order valence-corrected chi connectivity index (χ4v) is 2.09. The van der Waals surface area contributed by atoms with Crippen LogP contribution in [0.4, 0.5) is 0 Å². The second-order valence-corrected chi connectivity index (χ2v) is 4.49. The van der Waals surface area contributed by atoms with Crippen molar-refractivity contribution in [3.63, 3.8) is 0 Å².